The maximum atomic E-state index is 12.9. The average Bonchev–Trinajstić information content (AvgIpc) is 2.75. The number of aromatic hydroxyl groups is 1. The number of ether oxygens (including phenoxy) is 1. The minimum Gasteiger partial charge on any atom is -0.506 e. The molecule has 0 radical (unpaired) electrons. The molecule has 0 saturated carbocycles. The molecule has 2 aromatic carbocycles. The van der Waals surface area contributed by atoms with Gasteiger partial charge in [-0.2, -0.15) is 4.31 Å². The number of phenolic OH excluding ortho intramolecular Hbond substituents is 1. The minimum absolute atomic E-state index is 0.00308. The third-order valence-corrected chi connectivity index (χ3v) is 7.22. The van der Waals surface area contributed by atoms with E-state index in [9.17, 15) is 18.3 Å². The van der Waals surface area contributed by atoms with Crippen LogP contribution in [0.15, 0.2) is 53.9 Å². The molecule has 2 amide bonds. The molecule has 172 valence electrons. The van der Waals surface area contributed by atoms with Crippen molar-refractivity contribution in [3.05, 3.63) is 60.2 Å². The Bertz CT molecular complexity index is 1120. The molecular formula is C23H29N3O5S. The van der Waals surface area contributed by atoms with Gasteiger partial charge in [-0.15, -0.1) is 0 Å². The van der Waals surface area contributed by atoms with Crippen LogP contribution in [0.5, 0.6) is 5.75 Å². The topological polar surface area (TPSA) is 108 Å². The normalized spacial score (nSPS) is 15.2. The van der Waals surface area contributed by atoms with Gasteiger partial charge in [-0.3, -0.25) is 0 Å². The Morgan fingerprint density at radius 2 is 1.84 bits per heavy atom. The summed E-state index contributed by atoms with van der Waals surface area (Å²) in [6.45, 7) is 10.7. The highest BCUT2D eigenvalue weighted by Gasteiger charge is 2.28. The number of phenols is 1. The Hall–Kier alpha value is -2.88. The standard InChI is InChI=1S/C23H29N3O5S/c1-16(2)17-6-5-7-18(14-17)23(3,4)25-22(28)24-20-15-19(8-9-21(20)27)32(29,30)26-10-12-31-13-11-26/h5-9,14-15,27H,1,10-13H2,2-4H3,(H2,24,25,28). The molecule has 0 spiro atoms. The lowest BCUT2D eigenvalue weighted by atomic mass is 9.92. The van der Waals surface area contributed by atoms with Crippen molar-refractivity contribution < 1.29 is 23.1 Å². The second-order valence-electron chi connectivity index (χ2n) is 8.26. The maximum Gasteiger partial charge on any atom is 0.320 e. The third kappa shape index (κ3) is 5.29. The molecule has 2 aromatic rings. The smallest absolute Gasteiger partial charge is 0.320 e. The lowest BCUT2D eigenvalue weighted by Gasteiger charge is -2.28. The van der Waals surface area contributed by atoms with E-state index in [0.29, 0.717) is 13.2 Å². The first-order chi connectivity index (χ1) is 15.0. The van der Waals surface area contributed by atoms with E-state index < -0.39 is 21.6 Å². The summed E-state index contributed by atoms with van der Waals surface area (Å²) in [6.07, 6.45) is 0. The average molecular weight is 460 g/mol. The van der Waals surface area contributed by atoms with Crippen molar-refractivity contribution in [2.24, 2.45) is 0 Å². The molecule has 1 aliphatic heterocycles. The fourth-order valence-corrected chi connectivity index (χ4v) is 4.83. The highest BCUT2D eigenvalue weighted by molar-refractivity contribution is 7.89. The van der Waals surface area contributed by atoms with Crippen molar-refractivity contribution in [3.8, 4) is 5.75 Å². The van der Waals surface area contributed by atoms with Crippen LogP contribution in [0.1, 0.15) is 31.9 Å². The first-order valence-electron chi connectivity index (χ1n) is 10.3. The number of rotatable bonds is 6. The van der Waals surface area contributed by atoms with Gasteiger partial charge in [-0.1, -0.05) is 30.4 Å². The summed E-state index contributed by atoms with van der Waals surface area (Å²) in [5, 5.41) is 15.6. The first-order valence-corrected chi connectivity index (χ1v) is 11.7. The van der Waals surface area contributed by atoms with E-state index >= 15 is 0 Å². The zero-order valence-corrected chi connectivity index (χ0v) is 19.3. The zero-order chi connectivity index (χ0) is 23.5. The lowest BCUT2D eigenvalue weighted by Crippen LogP contribution is -2.43. The van der Waals surface area contributed by atoms with E-state index in [4.69, 9.17) is 4.74 Å². The Balaban J connectivity index is 1.78. The molecule has 0 aliphatic carbocycles. The Morgan fingerprint density at radius 3 is 2.50 bits per heavy atom. The van der Waals surface area contributed by atoms with Gasteiger partial charge in [0, 0.05) is 13.1 Å². The molecule has 3 rings (SSSR count). The van der Waals surface area contributed by atoms with Gasteiger partial charge in [0.15, 0.2) is 0 Å². The number of hydrogen-bond donors (Lipinski definition) is 3. The summed E-state index contributed by atoms with van der Waals surface area (Å²) >= 11 is 0. The zero-order valence-electron chi connectivity index (χ0n) is 18.5. The van der Waals surface area contributed by atoms with Gasteiger partial charge in [0.25, 0.3) is 0 Å². The number of morpholine rings is 1. The highest BCUT2D eigenvalue weighted by Crippen LogP contribution is 2.29. The number of carbonyl (C=O) groups excluding carboxylic acids is 1. The number of carbonyl (C=O) groups is 1. The van der Waals surface area contributed by atoms with Crippen molar-refractivity contribution in [2.75, 3.05) is 31.6 Å². The number of amides is 2. The number of allylic oxidation sites excluding steroid dienone is 1. The van der Waals surface area contributed by atoms with Crippen LogP contribution in [0.3, 0.4) is 0 Å². The second kappa shape index (κ2) is 9.32. The molecule has 0 unspecified atom stereocenters. The van der Waals surface area contributed by atoms with E-state index in [1.54, 1.807) is 0 Å². The van der Waals surface area contributed by atoms with E-state index in [0.717, 1.165) is 16.7 Å². The summed E-state index contributed by atoms with van der Waals surface area (Å²) in [5.74, 6) is -0.233. The van der Waals surface area contributed by atoms with Crippen LogP contribution < -0.4 is 10.6 Å². The van der Waals surface area contributed by atoms with Gasteiger partial charge in [-0.05, 0) is 56.2 Å². The summed E-state index contributed by atoms with van der Waals surface area (Å²) in [4.78, 5) is 12.7. The summed E-state index contributed by atoms with van der Waals surface area (Å²) in [7, 11) is -3.77. The molecular weight excluding hydrogens is 430 g/mol. The first kappa shape index (κ1) is 23.8. The molecule has 9 heteroatoms. The van der Waals surface area contributed by atoms with Crippen LogP contribution in [0.25, 0.3) is 5.57 Å². The number of nitrogens with zero attached hydrogens (tertiary/aromatic N) is 1. The van der Waals surface area contributed by atoms with E-state index in [-0.39, 0.29) is 29.4 Å². The van der Waals surface area contributed by atoms with E-state index in [2.05, 4.69) is 17.2 Å². The monoisotopic (exact) mass is 459 g/mol. The molecule has 1 saturated heterocycles. The van der Waals surface area contributed by atoms with Gasteiger partial charge in [0.05, 0.1) is 29.3 Å². The van der Waals surface area contributed by atoms with Crippen LogP contribution in [-0.4, -0.2) is 50.2 Å². The number of nitrogens with one attached hydrogen (secondary N) is 2. The molecule has 8 nitrogen and oxygen atoms in total. The predicted molar refractivity (Wildman–Crippen MR) is 124 cm³/mol. The van der Waals surface area contributed by atoms with Crippen molar-refractivity contribution in [1.29, 1.82) is 0 Å². The quantitative estimate of drug-likeness (QED) is 0.573. The Labute approximate surface area is 188 Å². The fourth-order valence-electron chi connectivity index (χ4n) is 3.39. The number of benzene rings is 2. The van der Waals surface area contributed by atoms with E-state index in [1.807, 2.05) is 45.0 Å². The van der Waals surface area contributed by atoms with Crippen molar-refractivity contribution in [2.45, 2.75) is 31.2 Å². The van der Waals surface area contributed by atoms with Crippen LogP contribution in [0.2, 0.25) is 0 Å². The van der Waals surface area contributed by atoms with Gasteiger partial charge in [0.2, 0.25) is 10.0 Å². The second-order valence-corrected chi connectivity index (χ2v) is 10.2. The molecule has 0 bridgehead atoms. The molecule has 3 N–H and O–H groups in total. The molecule has 0 aromatic heterocycles. The maximum absolute atomic E-state index is 12.9. The largest absolute Gasteiger partial charge is 0.506 e. The van der Waals surface area contributed by atoms with Crippen molar-refractivity contribution in [1.82, 2.24) is 9.62 Å². The van der Waals surface area contributed by atoms with Gasteiger partial charge in [-0.25, -0.2) is 13.2 Å². The van der Waals surface area contributed by atoms with Crippen LogP contribution in [0.4, 0.5) is 10.5 Å². The SMILES string of the molecule is C=C(C)c1cccc(C(C)(C)NC(=O)Nc2cc(S(=O)(=O)N3CCOCC3)ccc2O)c1. The third-order valence-electron chi connectivity index (χ3n) is 5.33. The van der Waals surface area contributed by atoms with Crippen molar-refractivity contribution in [3.63, 3.8) is 0 Å². The van der Waals surface area contributed by atoms with E-state index in [1.165, 1.54) is 22.5 Å². The lowest BCUT2D eigenvalue weighted by molar-refractivity contribution is 0.0730. The van der Waals surface area contributed by atoms with Crippen LogP contribution in [0, 0.1) is 0 Å². The highest BCUT2D eigenvalue weighted by atomic mass is 32.2. The Morgan fingerprint density at radius 1 is 1.16 bits per heavy atom. The molecule has 0 atom stereocenters. The summed E-state index contributed by atoms with van der Waals surface area (Å²) in [6, 6.07) is 10.9. The number of sulfonamides is 1. The van der Waals surface area contributed by atoms with Gasteiger partial charge < -0.3 is 20.5 Å². The molecule has 1 heterocycles. The van der Waals surface area contributed by atoms with Gasteiger partial charge >= 0.3 is 6.03 Å². The predicted octanol–water partition coefficient (Wildman–Crippen LogP) is 3.50. The van der Waals surface area contributed by atoms with Crippen LogP contribution in [-0.2, 0) is 20.3 Å². The molecule has 1 fully saturated rings. The number of hydrogen-bond acceptors (Lipinski definition) is 5. The fraction of sp³-hybridized carbons (Fsp3) is 0.348. The molecule has 1 aliphatic rings. The summed E-state index contributed by atoms with van der Waals surface area (Å²) < 4.78 is 32.3. The number of urea groups is 1. The van der Waals surface area contributed by atoms with Crippen LogP contribution >= 0.6 is 0 Å². The van der Waals surface area contributed by atoms with Gasteiger partial charge in [0.1, 0.15) is 5.75 Å². The number of anilines is 1. The molecule has 32 heavy (non-hydrogen) atoms. The van der Waals surface area contributed by atoms with Crippen molar-refractivity contribution >= 4 is 27.3 Å². The Kier molecular flexibility index (Phi) is 6.92. The summed E-state index contributed by atoms with van der Waals surface area (Å²) in [5.41, 5.74) is 2.03. The minimum atomic E-state index is -3.77.